The number of alkyl halides is 2. The Kier molecular flexibility index (Phi) is 5.25. The summed E-state index contributed by atoms with van der Waals surface area (Å²) in [6.07, 6.45) is 2.60. The average molecular weight is 519 g/mol. The van der Waals surface area contributed by atoms with E-state index in [0.717, 1.165) is 35.0 Å². The van der Waals surface area contributed by atoms with Crippen LogP contribution < -0.4 is 4.74 Å². The number of hydrogen-bond donors (Lipinski definition) is 2. The van der Waals surface area contributed by atoms with Crippen molar-refractivity contribution in [2.24, 2.45) is 5.41 Å². The lowest BCUT2D eigenvalue weighted by atomic mass is 9.30. The highest BCUT2D eigenvalue weighted by Crippen LogP contribution is 2.80. The lowest BCUT2D eigenvalue weighted by Crippen LogP contribution is -2.76. The summed E-state index contributed by atoms with van der Waals surface area (Å²) in [6.45, 7) is -0.219. The van der Waals surface area contributed by atoms with Gasteiger partial charge in [-0.25, -0.2) is 27.2 Å². The van der Waals surface area contributed by atoms with Crippen molar-refractivity contribution in [3.63, 3.8) is 0 Å². The Balaban J connectivity index is 1.22. The highest BCUT2D eigenvalue weighted by atomic mass is 19.3. The van der Waals surface area contributed by atoms with Gasteiger partial charge in [0, 0.05) is 17.0 Å². The van der Waals surface area contributed by atoms with Crippen LogP contribution in [0.5, 0.6) is 5.75 Å². The van der Waals surface area contributed by atoms with E-state index in [9.17, 15) is 19.0 Å². The fraction of sp³-hybridized carbons (Fsp3) is 0.462. The van der Waals surface area contributed by atoms with Crippen molar-refractivity contribution in [3.05, 3.63) is 77.9 Å². The van der Waals surface area contributed by atoms with Gasteiger partial charge in [0.2, 0.25) is 0 Å². The van der Waals surface area contributed by atoms with Crippen molar-refractivity contribution in [2.45, 2.75) is 48.3 Å². The predicted octanol–water partition coefficient (Wildman–Crippen LogP) is 3.34. The minimum atomic E-state index is -3.75. The Labute approximate surface area is 209 Å². The zero-order valence-electron chi connectivity index (χ0n) is 19.7. The molecule has 7 nitrogen and oxygen atoms in total. The predicted molar refractivity (Wildman–Crippen MR) is 121 cm³/mol. The van der Waals surface area contributed by atoms with Gasteiger partial charge >= 0.3 is 0 Å². The van der Waals surface area contributed by atoms with Crippen molar-refractivity contribution in [3.8, 4) is 5.75 Å². The molecule has 1 aromatic heterocycles. The van der Waals surface area contributed by atoms with Gasteiger partial charge in [-0.05, 0) is 54.5 Å². The zero-order chi connectivity index (χ0) is 26.1. The normalized spacial score (nSPS) is 27.4. The van der Waals surface area contributed by atoms with Gasteiger partial charge in [-0.15, -0.1) is 0 Å². The van der Waals surface area contributed by atoms with E-state index in [-0.39, 0.29) is 39.1 Å². The standard InChI is InChI=1S/C26H25F4N3O4/c27-18-3-6-20(21(28)7-18)25(35,11-33-16-31-15-32-33)26(29,30)23-8-22(9-23,10-23)17-1-4-19(5-2-17)37-14-24(34)12-36-13-24/h1-7,15-16,34-35H,8-14H2/t22?,23?,25-/m0/s1. The Morgan fingerprint density at radius 3 is 2.32 bits per heavy atom. The van der Waals surface area contributed by atoms with Crippen LogP contribution in [0.2, 0.25) is 0 Å². The van der Waals surface area contributed by atoms with E-state index < -0.39 is 51.7 Å². The van der Waals surface area contributed by atoms with Gasteiger partial charge in [-0.1, -0.05) is 12.1 Å². The molecule has 1 atom stereocenters. The Morgan fingerprint density at radius 1 is 1.05 bits per heavy atom. The van der Waals surface area contributed by atoms with Gasteiger partial charge in [0.1, 0.15) is 42.2 Å². The molecule has 196 valence electrons. The molecule has 3 aliphatic carbocycles. The second-order valence-electron chi connectivity index (χ2n) is 10.8. The smallest absolute Gasteiger partial charge is 0.287 e. The number of benzene rings is 2. The maximum atomic E-state index is 16.3. The molecule has 2 heterocycles. The maximum Gasteiger partial charge on any atom is 0.287 e. The summed E-state index contributed by atoms with van der Waals surface area (Å²) in [4.78, 5) is 3.73. The van der Waals surface area contributed by atoms with Crippen LogP contribution in [0.3, 0.4) is 0 Å². The van der Waals surface area contributed by atoms with E-state index in [2.05, 4.69) is 10.1 Å². The van der Waals surface area contributed by atoms with Crippen molar-refractivity contribution >= 4 is 0 Å². The number of rotatable bonds is 9. The topological polar surface area (TPSA) is 89.6 Å². The van der Waals surface area contributed by atoms with Crippen LogP contribution in [0.1, 0.15) is 30.4 Å². The van der Waals surface area contributed by atoms with Gasteiger partial charge in [-0.3, -0.25) is 0 Å². The van der Waals surface area contributed by atoms with Crippen LogP contribution in [0, 0.1) is 17.0 Å². The quantitative estimate of drug-likeness (QED) is 0.422. The van der Waals surface area contributed by atoms with E-state index >= 15 is 8.78 Å². The molecule has 2 bridgehead atoms. The maximum absolute atomic E-state index is 16.3. The summed E-state index contributed by atoms with van der Waals surface area (Å²) < 4.78 is 72.5. The Hall–Kier alpha value is -3.02. The van der Waals surface area contributed by atoms with Gasteiger partial charge in [0.05, 0.1) is 19.8 Å². The SMILES string of the molecule is OC1(COc2ccc(C34CC(C(F)(F)[C@](O)(Cn5cncn5)c5ccc(F)cc5F)(C3)C4)cc2)COC1. The summed E-state index contributed by atoms with van der Waals surface area (Å²) in [5, 5.41) is 25.4. The molecule has 0 radical (unpaired) electrons. The van der Waals surface area contributed by atoms with Gasteiger partial charge in [-0.2, -0.15) is 5.10 Å². The molecule has 4 fully saturated rings. The van der Waals surface area contributed by atoms with Crippen LogP contribution in [0.4, 0.5) is 17.6 Å². The highest BCUT2D eigenvalue weighted by molar-refractivity contribution is 5.44. The molecule has 3 aromatic rings. The number of aliphatic hydroxyl groups is 2. The molecule has 4 aliphatic rings. The number of nitrogens with zero attached hydrogens (tertiary/aromatic N) is 3. The van der Waals surface area contributed by atoms with Gasteiger partial charge < -0.3 is 19.7 Å². The summed E-state index contributed by atoms with van der Waals surface area (Å²) in [7, 11) is 0. The van der Waals surface area contributed by atoms with Crippen molar-refractivity contribution in [2.75, 3.05) is 19.8 Å². The first-order valence-corrected chi connectivity index (χ1v) is 11.9. The van der Waals surface area contributed by atoms with Crippen LogP contribution >= 0.6 is 0 Å². The molecule has 7 rings (SSSR count). The molecule has 0 amide bonds. The van der Waals surface area contributed by atoms with E-state index in [1.807, 2.05) is 12.1 Å². The second kappa shape index (κ2) is 7.99. The van der Waals surface area contributed by atoms with Crippen LogP contribution in [-0.2, 0) is 22.3 Å². The number of hydrogen-bond acceptors (Lipinski definition) is 6. The summed E-state index contributed by atoms with van der Waals surface area (Å²) in [6, 6.07) is 9.31. The summed E-state index contributed by atoms with van der Waals surface area (Å²) >= 11 is 0. The van der Waals surface area contributed by atoms with E-state index in [1.165, 1.54) is 0 Å². The minimum Gasteiger partial charge on any atom is -0.490 e. The molecule has 1 saturated heterocycles. The van der Waals surface area contributed by atoms with Crippen LogP contribution in [0.15, 0.2) is 55.1 Å². The molecular formula is C26H25F4N3O4. The molecule has 2 aromatic carbocycles. The Bertz CT molecular complexity index is 1290. The molecule has 0 spiro atoms. The molecule has 3 saturated carbocycles. The monoisotopic (exact) mass is 519 g/mol. The molecule has 37 heavy (non-hydrogen) atoms. The first kappa shape index (κ1) is 24.3. The molecule has 0 unspecified atom stereocenters. The first-order valence-electron chi connectivity index (χ1n) is 11.9. The first-order chi connectivity index (χ1) is 17.5. The van der Waals surface area contributed by atoms with E-state index in [0.29, 0.717) is 11.8 Å². The summed E-state index contributed by atoms with van der Waals surface area (Å²) in [5.41, 5.74) is -5.81. The third-order valence-corrected chi connectivity index (χ3v) is 8.17. The summed E-state index contributed by atoms with van der Waals surface area (Å²) in [5.74, 6) is -5.39. The van der Waals surface area contributed by atoms with Gasteiger partial charge in [0.15, 0.2) is 5.60 Å². The molecule has 1 aliphatic heterocycles. The van der Waals surface area contributed by atoms with Crippen molar-refractivity contribution < 1.29 is 37.2 Å². The largest absolute Gasteiger partial charge is 0.490 e. The Morgan fingerprint density at radius 2 is 1.76 bits per heavy atom. The second-order valence-corrected chi connectivity index (χ2v) is 10.8. The third kappa shape index (κ3) is 3.58. The van der Waals surface area contributed by atoms with E-state index in [1.54, 1.807) is 12.1 Å². The number of halogens is 4. The van der Waals surface area contributed by atoms with Crippen LogP contribution in [-0.4, -0.2) is 56.3 Å². The average Bonchev–Trinajstić information content (AvgIpc) is 3.28. The van der Waals surface area contributed by atoms with Crippen molar-refractivity contribution in [1.82, 2.24) is 14.8 Å². The fourth-order valence-corrected chi connectivity index (χ4v) is 6.14. The number of ether oxygens (including phenoxy) is 2. The zero-order valence-corrected chi connectivity index (χ0v) is 19.7. The lowest BCUT2D eigenvalue weighted by molar-refractivity contribution is -0.347. The van der Waals surface area contributed by atoms with Gasteiger partial charge in [0.25, 0.3) is 5.92 Å². The lowest BCUT2D eigenvalue weighted by Gasteiger charge is -2.74. The molecular weight excluding hydrogens is 494 g/mol. The molecule has 2 N–H and O–H groups in total. The van der Waals surface area contributed by atoms with Crippen LogP contribution in [0.25, 0.3) is 0 Å². The van der Waals surface area contributed by atoms with Crippen molar-refractivity contribution in [1.29, 1.82) is 0 Å². The number of aromatic nitrogens is 3. The highest BCUT2D eigenvalue weighted by Gasteiger charge is 2.82. The fourth-order valence-electron chi connectivity index (χ4n) is 6.14. The minimum absolute atomic E-state index is 0.0944. The third-order valence-electron chi connectivity index (χ3n) is 8.17. The van der Waals surface area contributed by atoms with E-state index in [4.69, 9.17) is 9.47 Å². The molecule has 11 heteroatoms.